The lowest BCUT2D eigenvalue weighted by Gasteiger charge is -2.13. The van der Waals surface area contributed by atoms with E-state index >= 15 is 0 Å². The van der Waals surface area contributed by atoms with Gasteiger partial charge in [-0.1, -0.05) is 13.0 Å². The Hall–Kier alpha value is -1.09. The van der Waals surface area contributed by atoms with Gasteiger partial charge in [-0.05, 0) is 26.3 Å². The summed E-state index contributed by atoms with van der Waals surface area (Å²) in [6, 6.07) is 3.99. The van der Waals surface area contributed by atoms with E-state index in [-0.39, 0.29) is 0 Å². The molecule has 0 aliphatic rings. The fourth-order valence-electron chi connectivity index (χ4n) is 1.23. The van der Waals surface area contributed by atoms with E-state index in [0.29, 0.717) is 12.7 Å². The molecule has 1 unspecified atom stereocenters. The molecular formula is C12H20N2O. The van der Waals surface area contributed by atoms with Gasteiger partial charge in [-0.25, -0.2) is 4.98 Å². The smallest absolute Gasteiger partial charge is 0.131 e. The van der Waals surface area contributed by atoms with Crippen LogP contribution in [-0.4, -0.2) is 17.6 Å². The predicted molar refractivity (Wildman–Crippen MR) is 62.9 cm³/mol. The van der Waals surface area contributed by atoms with E-state index in [4.69, 9.17) is 4.74 Å². The first-order valence-corrected chi connectivity index (χ1v) is 5.57. The Balaban J connectivity index is 2.58. The van der Waals surface area contributed by atoms with Crippen molar-refractivity contribution in [2.24, 2.45) is 0 Å². The third-order valence-electron chi connectivity index (χ3n) is 2.33. The van der Waals surface area contributed by atoms with E-state index in [1.165, 1.54) is 0 Å². The molecule has 0 bridgehead atoms. The molecule has 0 fully saturated rings. The summed E-state index contributed by atoms with van der Waals surface area (Å²) in [6.45, 7) is 7.79. The van der Waals surface area contributed by atoms with Gasteiger partial charge in [-0.3, -0.25) is 0 Å². The Labute approximate surface area is 91.9 Å². The maximum atomic E-state index is 5.68. The molecule has 0 saturated heterocycles. The van der Waals surface area contributed by atoms with E-state index in [0.717, 1.165) is 24.3 Å². The number of pyridine rings is 1. The van der Waals surface area contributed by atoms with Crippen molar-refractivity contribution in [2.75, 3.05) is 11.9 Å². The maximum Gasteiger partial charge on any atom is 0.131 e. The van der Waals surface area contributed by atoms with Crippen LogP contribution in [0, 0.1) is 0 Å². The Morgan fingerprint density at radius 3 is 2.93 bits per heavy atom. The number of hydrogen-bond donors (Lipinski definition) is 1. The first-order chi connectivity index (χ1) is 7.27. The van der Waals surface area contributed by atoms with Crippen LogP contribution in [0.25, 0.3) is 0 Å². The van der Waals surface area contributed by atoms with E-state index in [2.05, 4.69) is 31.1 Å². The van der Waals surface area contributed by atoms with Crippen LogP contribution in [0.3, 0.4) is 0 Å². The second-order valence-corrected chi connectivity index (χ2v) is 3.57. The Bertz CT molecular complexity index is 289. The fraction of sp³-hybridized carbons (Fsp3) is 0.583. The van der Waals surface area contributed by atoms with Gasteiger partial charge in [0.25, 0.3) is 0 Å². The number of hydrogen-bond acceptors (Lipinski definition) is 3. The maximum absolute atomic E-state index is 5.68. The molecule has 15 heavy (non-hydrogen) atoms. The highest BCUT2D eigenvalue weighted by Crippen LogP contribution is 2.13. The highest BCUT2D eigenvalue weighted by atomic mass is 16.5. The van der Waals surface area contributed by atoms with Crippen LogP contribution < -0.4 is 5.32 Å². The van der Waals surface area contributed by atoms with Gasteiger partial charge in [0, 0.05) is 18.3 Å². The van der Waals surface area contributed by atoms with Gasteiger partial charge < -0.3 is 10.1 Å². The summed E-state index contributed by atoms with van der Waals surface area (Å²) < 4.78 is 5.68. The molecule has 1 atom stereocenters. The zero-order valence-corrected chi connectivity index (χ0v) is 9.79. The SMILES string of the molecule is CCNc1ncccc1COC(C)CC. The highest BCUT2D eigenvalue weighted by Gasteiger charge is 2.04. The molecule has 0 radical (unpaired) electrons. The Morgan fingerprint density at radius 1 is 1.47 bits per heavy atom. The van der Waals surface area contributed by atoms with Crippen molar-refractivity contribution < 1.29 is 4.74 Å². The molecular weight excluding hydrogens is 188 g/mol. The molecule has 0 aliphatic carbocycles. The van der Waals surface area contributed by atoms with Crippen molar-refractivity contribution in [3.05, 3.63) is 23.9 Å². The Morgan fingerprint density at radius 2 is 2.27 bits per heavy atom. The van der Waals surface area contributed by atoms with Crippen LogP contribution in [-0.2, 0) is 11.3 Å². The molecule has 0 aliphatic heterocycles. The largest absolute Gasteiger partial charge is 0.374 e. The first-order valence-electron chi connectivity index (χ1n) is 5.57. The van der Waals surface area contributed by atoms with Crippen LogP contribution in [0.2, 0.25) is 0 Å². The highest BCUT2D eigenvalue weighted by molar-refractivity contribution is 5.42. The van der Waals surface area contributed by atoms with E-state index < -0.39 is 0 Å². The molecule has 1 rings (SSSR count). The number of rotatable bonds is 6. The number of nitrogens with one attached hydrogen (secondary N) is 1. The third kappa shape index (κ3) is 3.88. The molecule has 0 aromatic carbocycles. The summed E-state index contributed by atoms with van der Waals surface area (Å²) in [4.78, 5) is 4.28. The number of ether oxygens (including phenoxy) is 1. The number of aromatic nitrogens is 1. The summed E-state index contributed by atoms with van der Waals surface area (Å²) >= 11 is 0. The van der Waals surface area contributed by atoms with E-state index in [9.17, 15) is 0 Å². The molecule has 0 spiro atoms. The minimum absolute atomic E-state index is 0.305. The quantitative estimate of drug-likeness (QED) is 0.780. The lowest BCUT2D eigenvalue weighted by atomic mass is 10.2. The molecule has 1 aromatic rings. The van der Waals surface area contributed by atoms with Gasteiger partial charge in [0.05, 0.1) is 12.7 Å². The van der Waals surface area contributed by atoms with Crippen molar-refractivity contribution in [1.29, 1.82) is 0 Å². The average Bonchev–Trinajstić information content (AvgIpc) is 2.28. The second kappa shape index (κ2) is 6.40. The topological polar surface area (TPSA) is 34.2 Å². The monoisotopic (exact) mass is 208 g/mol. The van der Waals surface area contributed by atoms with Gasteiger partial charge in [0.15, 0.2) is 0 Å². The lowest BCUT2D eigenvalue weighted by molar-refractivity contribution is 0.0510. The average molecular weight is 208 g/mol. The molecule has 1 aromatic heterocycles. The predicted octanol–water partition coefficient (Wildman–Crippen LogP) is 2.83. The Kier molecular flexibility index (Phi) is 5.12. The molecule has 3 heteroatoms. The molecule has 0 saturated carbocycles. The zero-order chi connectivity index (χ0) is 11.1. The van der Waals surface area contributed by atoms with Gasteiger partial charge in [-0.15, -0.1) is 0 Å². The van der Waals surface area contributed by atoms with Crippen LogP contribution in [0.4, 0.5) is 5.82 Å². The normalized spacial score (nSPS) is 12.5. The summed E-state index contributed by atoms with van der Waals surface area (Å²) in [6.07, 6.45) is 3.14. The van der Waals surface area contributed by atoms with Crippen molar-refractivity contribution in [2.45, 2.75) is 39.9 Å². The molecule has 1 N–H and O–H groups in total. The van der Waals surface area contributed by atoms with Crippen LogP contribution >= 0.6 is 0 Å². The number of anilines is 1. The van der Waals surface area contributed by atoms with Gasteiger partial charge in [0.1, 0.15) is 5.82 Å². The van der Waals surface area contributed by atoms with Crippen LogP contribution in [0.15, 0.2) is 18.3 Å². The third-order valence-corrected chi connectivity index (χ3v) is 2.33. The van der Waals surface area contributed by atoms with E-state index in [1.54, 1.807) is 6.20 Å². The van der Waals surface area contributed by atoms with Crippen LogP contribution in [0.5, 0.6) is 0 Å². The van der Waals surface area contributed by atoms with Crippen LogP contribution in [0.1, 0.15) is 32.8 Å². The molecule has 1 heterocycles. The van der Waals surface area contributed by atoms with E-state index in [1.807, 2.05) is 12.1 Å². The fourth-order valence-corrected chi connectivity index (χ4v) is 1.23. The molecule has 3 nitrogen and oxygen atoms in total. The van der Waals surface area contributed by atoms with Crippen molar-refractivity contribution in [3.63, 3.8) is 0 Å². The van der Waals surface area contributed by atoms with Gasteiger partial charge >= 0.3 is 0 Å². The first kappa shape index (κ1) is 12.0. The second-order valence-electron chi connectivity index (χ2n) is 3.57. The molecule has 84 valence electrons. The lowest BCUT2D eigenvalue weighted by Crippen LogP contribution is -2.09. The number of nitrogens with zero attached hydrogens (tertiary/aromatic N) is 1. The van der Waals surface area contributed by atoms with Crippen molar-refractivity contribution >= 4 is 5.82 Å². The van der Waals surface area contributed by atoms with Crippen molar-refractivity contribution in [3.8, 4) is 0 Å². The zero-order valence-electron chi connectivity index (χ0n) is 9.79. The van der Waals surface area contributed by atoms with Gasteiger partial charge in [0.2, 0.25) is 0 Å². The summed E-state index contributed by atoms with van der Waals surface area (Å²) in [5, 5.41) is 3.23. The summed E-state index contributed by atoms with van der Waals surface area (Å²) in [5.74, 6) is 0.934. The summed E-state index contributed by atoms with van der Waals surface area (Å²) in [5.41, 5.74) is 1.12. The minimum Gasteiger partial charge on any atom is -0.374 e. The van der Waals surface area contributed by atoms with Gasteiger partial charge in [-0.2, -0.15) is 0 Å². The minimum atomic E-state index is 0.305. The van der Waals surface area contributed by atoms with Crippen molar-refractivity contribution in [1.82, 2.24) is 4.98 Å². The summed E-state index contributed by atoms with van der Waals surface area (Å²) in [7, 11) is 0. The standard InChI is InChI=1S/C12H20N2O/c1-4-10(3)15-9-11-7-6-8-14-12(11)13-5-2/h6-8,10H,4-5,9H2,1-3H3,(H,13,14). The molecule has 0 amide bonds.